The van der Waals surface area contributed by atoms with Crippen molar-refractivity contribution in [2.75, 3.05) is 0 Å². The van der Waals surface area contributed by atoms with E-state index in [9.17, 15) is 0 Å². The summed E-state index contributed by atoms with van der Waals surface area (Å²) in [6, 6.07) is 0. The number of hydrogen-bond acceptors (Lipinski definition) is 4. The highest BCUT2D eigenvalue weighted by Gasteiger charge is 1.49. The molecule has 0 saturated carbocycles. The number of hydrogen-bond donors (Lipinski definition) is 0. The van der Waals surface area contributed by atoms with Crippen molar-refractivity contribution < 1.29 is 61.3 Å². The van der Waals surface area contributed by atoms with E-state index in [-0.39, 0.29) is 43.8 Å². The van der Waals surface area contributed by atoms with Crippen molar-refractivity contribution >= 4 is 10.4 Å². The van der Waals surface area contributed by atoms with Crippen molar-refractivity contribution in [1.82, 2.24) is 0 Å². The smallest absolute Gasteiger partial charge is 0.0311 e. The van der Waals surface area contributed by atoms with Crippen LogP contribution in [0.3, 0.4) is 0 Å². The molecule has 0 amide bonds. The van der Waals surface area contributed by atoms with E-state index in [2.05, 4.69) is 0 Å². The standard InChI is InChI=1S/H2O4S.8H2O/c1-5(2,3)4;;;;;;;;/h(H2,1,2,3,4);8*1H2/p-2. The molecule has 0 aromatic heterocycles. The molecule has 0 heterocycles. The van der Waals surface area contributed by atoms with Crippen molar-refractivity contribution in [3.8, 4) is 0 Å². The lowest BCUT2D eigenvalue weighted by Gasteiger charge is -2.06. The molecule has 0 fully saturated rings. The van der Waals surface area contributed by atoms with Crippen LogP contribution in [0.15, 0.2) is 0 Å². The minimum atomic E-state index is -5.17. The van der Waals surface area contributed by atoms with Gasteiger partial charge in [-0.05, 0) is 0 Å². The van der Waals surface area contributed by atoms with Crippen LogP contribution in [0.4, 0.5) is 0 Å². The van der Waals surface area contributed by atoms with Gasteiger partial charge in [0, 0.05) is 10.4 Å². The van der Waals surface area contributed by atoms with Gasteiger partial charge in [0.2, 0.25) is 0 Å². The Morgan fingerprint density at radius 2 is 0.538 bits per heavy atom. The molecule has 0 aliphatic heterocycles. The Bertz CT molecular complexity index is 88.3. The van der Waals surface area contributed by atoms with Crippen LogP contribution in [-0.4, -0.2) is 61.3 Å². The fourth-order valence-electron chi connectivity index (χ4n) is 0. The molecule has 0 rings (SSSR count). The first-order chi connectivity index (χ1) is 2.00. The summed E-state index contributed by atoms with van der Waals surface area (Å²) in [5.74, 6) is 0. The number of rotatable bonds is 0. The van der Waals surface area contributed by atoms with Gasteiger partial charge in [-0.25, -0.2) is 0 Å². The molecular formula is H16O12S-2. The second-order valence-corrected chi connectivity index (χ2v) is 1.22. The summed E-state index contributed by atoms with van der Waals surface area (Å²) in [6.07, 6.45) is 0. The maximum absolute atomic E-state index is 8.52. The molecule has 0 spiro atoms. The molecule has 0 saturated heterocycles. The van der Waals surface area contributed by atoms with Crippen molar-refractivity contribution in [1.29, 1.82) is 0 Å². The molecule has 0 aliphatic carbocycles. The summed E-state index contributed by atoms with van der Waals surface area (Å²) in [5, 5.41) is 0. The zero-order valence-corrected chi connectivity index (χ0v) is 6.86. The second-order valence-electron chi connectivity index (χ2n) is 0.408. The molecule has 96 valence electrons. The van der Waals surface area contributed by atoms with E-state index in [0.29, 0.717) is 0 Å². The molecule has 13 heavy (non-hydrogen) atoms. The predicted molar refractivity (Wildman–Crippen MR) is 39.4 cm³/mol. The Hall–Kier alpha value is -0.450. The van der Waals surface area contributed by atoms with Crippen LogP contribution in [0, 0.1) is 0 Å². The van der Waals surface area contributed by atoms with Gasteiger partial charge in [-0.2, -0.15) is 0 Å². The average Bonchev–Trinajstić information content (AvgIpc) is 0.722. The highest BCUT2D eigenvalue weighted by Crippen LogP contribution is 1.57. The highest BCUT2D eigenvalue weighted by molar-refractivity contribution is 7.79. The van der Waals surface area contributed by atoms with Gasteiger partial charge in [-0.3, -0.25) is 8.42 Å². The molecule has 0 aromatic rings. The van der Waals surface area contributed by atoms with E-state index >= 15 is 0 Å². The molecule has 0 aliphatic rings. The van der Waals surface area contributed by atoms with Crippen LogP contribution in [0.25, 0.3) is 0 Å². The summed E-state index contributed by atoms with van der Waals surface area (Å²) in [5.41, 5.74) is 0. The molecule has 0 radical (unpaired) electrons. The van der Waals surface area contributed by atoms with E-state index in [1.807, 2.05) is 0 Å². The molecule has 12 nitrogen and oxygen atoms in total. The van der Waals surface area contributed by atoms with Crippen LogP contribution in [0.1, 0.15) is 0 Å². The SMILES string of the molecule is O.O.O.O.O.O.O.O.O=S(=O)([O-])[O-]. The summed E-state index contributed by atoms with van der Waals surface area (Å²) in [7, 11) is -5.17. The van der Waals surface area contributed by atoms with E-state index in [4.69, 9.17) is 17.5 Å². The maximum atomic E-state index is 8.52. The lowest BCUT2D eigenvalue weighted by molar-refractivity contribution is 0.352. The summed E-state index contributed by atoms with van der Waals surface area (Å²) < 4.78 is 34.1. The van der Waals surface area contributed by atoms with Gasteiger partial charge in [0.05, 0.1) is 0 Å². The minimum Gasteiger partial charge on any atom is -0.759 e. The van der Waals surface area contributed by atoms with Crippen LogP contribution in [0.5, 0.6) is 0 Å². The van der Waals surface area contributed by atoms with Gasteiger partial charge in [-0.15, -0.1) is 0 Å². The monoisotopic (exact) mass is 240 g/mol. The molecule has 13 heteroatoms. The third kappa shape index (κ3) is 5200. The Balaban J connectivity index is -0.00000000286. The lowest BCUT2D eigenvalue weighted by atomic mass is 15.8. The quantitative estimate of drug-likeness (QED) is 0.293. The predicted octanol–water partition coefficient (Wildman–Crippen LogP) is -7.94. The van der Waals surface area contributed by atoms with Gasteiger partial charge in [0.1, 0.15) is 0 Å². The van der Waals surface area contributed by atoms with E-state index < -0.39 is 10.4 Å². The van der Waals surface area contributed by atoms with Crippen LogP contribution < -0.4 is 0 Å². The average molecular weight is 240 g/mol. The molecule has 0 aromatic carbocycles. The fourth-order valence-corrected chi connectivity index (χ4v) is 0. The molecule has 0 bridgehead atoms. The third-order valence-corrected chi connectivity index (χ3v) is 0. The summed E-state index contributed by atoms with van der Waals surface area (Å²) in [4.78, 5) is 0. The Kier molecular flexibility index (Phi) is 426. The van der Waals surface area contributed by atoms with Crippen molar-refractivity contribution in [2.24, 2.45) is 0 Å². The first kappa shape index (κ1) is 133. The zero-order valence-electron chi connectivity index (χ0n) is 6.04. The Morgan fingerprint density at radius 1 is 0.538 bits per heavy atom. The third-order valence-electron chi connectivity index (χ3n) is 0. The summed E-state index contributed by atoms with van der Waals surface area (Å²) in [6.45, 7) is 0. The maximum Gasteiger partial charge on any atom is 0.0311 e. The highest BCUT2D eigenvalue weighted by atomic mass is 32.3. The van der Waals surface area contributed by atoms with Gasteiger partial charge in [-0.1, -0.05) is 0 Å². The normalized spacial score (nSPS) is 4.46. The van der Waals surface area contributed by atoms with Crippen LogP contribution >= 0.6 is 0 Å². The van der Waals surface area contributed by atoms with Gasteiger partial charge < -0.3 is 52.9 Å². The van der Waals surface area contributed by atoms with Crippen LogP contribution in [0.2, 0.25) is 0 Å². The molecule has 0 atom stereocenters. The fraction of sp³-hybridized carbons (Fsp3) is 0. The summed E-state index contributed by atoms with van der Waals surface area (Å²) >= 11 is 0. The Labute approximate surface area is 72.9 Å². The van der Waals surface area contributed by atoms with Gasteiger partial charge in [0.15, 0.2) is 0 Å². The van der Waals surface area contributed by atoms with Gasteiger partial charge >= 0.3 is 0 Å². The van der Waals surface area contributed by atoms with E-state index in [1.54, 1.807) is 0 Å². The first-order valence-electron chi connectivity index (χ1n) is 0.667. The van der Waals surface area contributed by atoms with Crippen molar-refractivity contribution in [3.05, 3.63) is 0 Å². The second kappa shape index (κ2) is 41.7. The minimum absolute atomic E-state index is 0. The molecule has 0 unspecified atom stereocenters. The van der Waals surface area contributed by atoms with Crippen molar-refractivity contribution in [3.63, 3.8) is 0 Å². The Morgan fingerprint density at radius 3 is 0.538 bits per heavy atom. The first-order valence-corrected chi connectivity index (χ1v) is 2.00. The lowest BCUT2D eigenvalue weighted by Crippen LogP contribution is -1.91. The van der Waals surface area contributed by atoms with E-state index in [0.717, 1.165) is 0 Å². The largest absolute Gasteiger partial charge is 0.759 e. The van der Waals surface area contributed by atoms with Crippen molar-refractivity contribution in [2.45, 2.75) is 0 Å². The molecule has 16 N–H and O–H groups in total. The molecular weight excluding hydrogens is 224 g/mol. The zero-order chi connectivity index (χ0) is 4.50. The topological polar surface area (TPSA) is 332 Å². The van der Waals surface area contributed by atoms with Crippen LogP contribution in [-0.2, 0) is 10.4 Å². The van der Waals surface area contributed by atoms with E-state index in [1.165, 1.54) is 0 Å². The van der Waals surface area contributed by atoms with Gasteiger partial charge in [0.25, 0.3) is 0 Å².